The highest BCUT2D eigenvalue weighted by Gasteiger charge is 2.52. The minimum Gasteiger partial charge on any atom is -0.342 e. The van der Waals surface area contributed by atoms with Crippen LogP contribution in [0.15, 0.2) is 70.9 Å². The van der Waals surface area contributed by atoms with E-state index >= 15 is 0 Å². The van der Waals surface area contributed by atoms with Gasteiger partial charge in [-0.25, -0.2) is 0 Å². The maximum absolute atomic E-state index is 13.6. The smallest absolute Gasteiger partial charge is 0.228 e. The summed E-state index contributed by atoms with van der Waals surface area (Å²) in [4.78, 5) is 36.6. The second-order valence-corrected chi connectivity index (χ2v) is 7.73. The van der Waals surface area contributed by atoms with Crippen LogP contribution in [0.1, 0.15) is 28.4 Å². The lowest BCUT2D eigenvalue weighted by molar-refractivity contribution is -0.115. The Hall–Kier alpha value is -3.74. The third kappa shape index (κ3) is 2.58. The van der Waals surface area contributed by atoms with E-state index in [0.717, 1.165) is 16.8 Å². The summed E-state index contributed by atoms with van der Waals surface area (Å²) >= 11 is 0. The standard InChI is InChI=1S/C23H21N5O2/c1-23(16-8-9-17-15(12-16)13-18(29)26-17)20(19(30)14-6-4-3-5-7-14)27-22-21(24-2)25-10-11-28(22)23/h3-12,20H,13H2,1-2H3,(H,24,25)(H,26,29). The fourth-order valence-electron chi connectivity index (χ4n) is 4.40. The van der Waals surface area contributed by atoms with Crippen LogP contribution in [0.4, 0.5) is 5.69 Å². The van der Waals surface area contributed by atoms with Crippen LogP contribution in [-0.2, 0) is 16.8 Å². The number of nitrogens with zero attached hydrogens (tertiary/aromatic N) is 3. The highest BCUT2D eigenvalue weighted by Crippen LogP contribution is 2.42. The molecule has 0 saturated carbocycles. The molecule has 30 heavy (non-hydrogen) atoms. The Morgan fingerprint density at radius 1 is 1.23 bits per heavy atom. The zero-order chi connectivity index (χ0) is 20.9. The zero-order valence-electron chi connectivity index (χ0n) is 16.7. The van der Waals surface area contributed by atoms with Gasteiger partial charge in [0.2, 0.25) is 5.91 Å². The van der Waals surface area contributed by atoms with Gasteiger partial charge in [0.05, 0.1) is 12.0 Å². The molecule has 1 amide bonds. The van der Waals surface area contributed by atoms with E-state index in [2.05, 4.69) is 15.6 Å². The van der Waals surface area contributed by atoms with E-state index in [0.29, 0.717) is 23.7 Å². The first-order valence-electron chi connectivity index (χ1n) is 9.82. The Morgan fingerprint density at radius 2 is 2.03 bits per heavy atom. The summed E-state index contributed by atoms with van der Waals surface area (Å²) in [5, 5.41) is 5.98. The number of aliphatic imine (C=N–C) groups is 2. The number of amidine groups is 2. The molecule has 0 aromatic heterocycles. The highest BCUT2D eigenvalue weighted by molar-refractivity contribution is 6.42. The molecule has 3 aliphatic rings. The van der Waals surface area contributed by atoms with Crippen molar-refractivity contribution >= 4 is 29.0 Å². The van der Waals surface area contributed by atoms with E-state index < -0.39 is 11.6 Å². The molecule has 7 heteroatoms. The summed E-state index contributed by atoms with van der Waals surface area (Å²) in [6, 6.07) is 14.4. The second-order valence-electron chi connectivity index (χ2n) is 7.73. The average Bonchev–Trinajstić information content (AvgIpc) is 3.30. The maximum atomic E-state index is 13.6. The molecule has 0 bridgehead atoms. The van der Waals surface area contributed by atoms with Crippen LogP contribution in [0.5, 0.6) is 0 Å². The van der Waals surface area contributed by atoms with Crippen molar-refractivity contribution in [3.05, 3.63) is 77.6 Å². The molecule has 3 heterocycles. The second kappa shape index (κ2) is 6.66. The van der Waals surface area contributed by atoms with Crippen molar-refractivity contribution in [2.24, 2.45) is 9.98 Å². The van der Waals surface area contributed by atoms with Gasteiger partial charge < -0.3 is 15.5 Å². The first-order chi connectivity index (χ1) is 14.5. The van der Waals surface area contributed by atoms with Crippen LogP contribution in [0, 0.1) is 0 Å². The number of hydrogen-bond acceptors (Lipinski definition) is 5. The van der Waals surface area contributed by atoms with Crippen molar-refractivity contribution in [2.45, 2.75) is 24.9 Å². The predicted molar refractivity (Wildman–Crippen MR) is 116 cm³/mol. The van der Waals surface area contributed by atoms with Gasteiger partial charge in [0.25, 0.3) is 0 Å². The number of benzene rings is 2. The lowest BCUT2D eigenvalue weighted by Gasteiger charge is -2.40. The fraction of sp³-hybridized carbons (Fsp3) is 0.217. The third-order valence-corrected chi connectivity index (χ3v) is 6.01. The Kier molecular flexibility index (Phi) is 4.06. The molecule has 0 aliphatic carbocycles. The molecular weight excluding hydrogens is 378 g/mol. The minimum atomic E-state index is -0.766. The van der Waals surface area contributed by atoms with Crippen LogP contribution in [0.25, 0.3) is 0 Å². The number of anilines is 1. The summed E-state index contributed by atoms with van der Waals surface area (Å²) < 4.78 is 0. The highest BCUT2D eigenvalue weighted by atomic mass is 16.2. The predicted octanol–water partition coefficient (Wildman–Crippen LogP) is 2.46. The first-order valence-corrected chi connectivity index (χ1v) is 9.82. The van der Waals surface area contributed by atoms with Crippen molar-refractivity contribution in [3.8, 4) is 0 Å². The van der Waals surface area contributed by atoms with Gasteiger partial charge in [-0.15, -0.1) is 0 Å². The van der Waals surface area contributed by atoms with Crippen LogP contribution in [-0.4, -0.2) is 41.4 Å². The van der Waals surface area contributed by atoms with Gasteiger partial charge in [0.1, 0.15) is 6.04 Å². The molecule has 150 valence electrons. The van der Waals surface area contributed by atoms with Gasteiger partial charge >= 0.3 is 0 Å². The molecule has 3 aliphatic heterocycles. The van der Waals surface area contributed by atoms with Crippen molar-refractivity contribution in [2.75, 3.05) is 12.4 Å². The van der Waals surface area contributed by atoms with Crippen molar-refractivity contribution < 1.29 is 9.59 Å². The molecule has 2 aromatic carbocycles. The van der Waals surface area contributed by atoms with E-state index in [1.807, 2.05) is 66.6 Å². The van der Waals surface area contributed by atoms with E-state index in [-0.39, 0.29) is 11.7 Å². The number of carbonyl (C=O) groups excluding carboxylic acids is 2. The topological polar surface area (TPSA) is 86.2 Å². The van der Waals surface area contributed by atoms with E-state index in [1.54, 1.807) is 13.2 Å². The molecule has 0 fully saturated rings. The van der Waals surface area contributed by atoms with Crippen molar-refractivity contribution in [1.29, 1.82) is 0 Å². The number of fused-ring (bicyclic) bond motifs is 2. The molecular formula is C23H21N5O2. The molecule has 0 radical (unpaired) electrons. The number of carbonyl (C=O) groups is 2. The minimum absolute atomic E-state index is 0.0185. The number of nitrogens with one attached hydrogen (secondary N) is 2. The van der Waals surface area contributed by atoms with Gasteiger partial charge in [-0.3, -0.25) is 19.6 Å². The van der Waals surface area contributed by atoms with Gasteiger partial charge in [0, 0.05) is 30.7 Å². The summed E-state index contributed by atoms with van der Waals surface area (Å²) in [5.74, 6) is 1.17. The Balaban J connectivity index is 1.66. The number of ketones is 1. The molecule has 0 saturated heterocycles. The van der Waals surface area contributed by atoms with Crippen LogP contribution < -0.4 is 10.6 Å². The molecule has 2 N–H and O–H groups in total. The van der Waals surface area contributed by atoms with Crippen LogP contribution in [0.3, 0.4) is 0 Å². The fourth-order valence-corrected chi connectivity index (χ4v) is 4.40. The summed E-state index contributed by atoms with van der Waals surface area (Å²) in [6.07, 6.45) is 4.03. The summed E-state index contributed by atoms with van der Waals surface area (Å²) in [7, 11) is 1.69. The molecule has 2 aromatic rings. The maximum Gasteiger partial charge on any atom is 0.228 e. The van der Waals surface area contributed by atoms with Gasteiger partial charge in [0.15, 0.2) is 17.5 Å². The lowest BCUT2D eigenvalue weighted by atomic mass is 9.80. The van der Waals surface area contributed by atoms with Crippen molar-refractivity contribution in [1.82, 2.24) is 10.2 Å². The monoisotopic (exact) mass is 399 g/mol. The van der Waals surface area contributed by atoms with Gasteiger partial charge in [-0.1, -0.05) is 42.5 Å². The Morgan fingerprint density at radius 3 is 2.80 bits per heavy atom. The SMILES string of the molecule is CN=C1NC=CN2C1=NC(C(=O)c1ccccc1)C2(C)c1ccc2c(c1)CC(=O)N2. The Labute approximate surface area is 174 Å². The Bertz CT molecular complexity index is 1150. The first kappa shape index (κ1) is 18.3. The lowest BCUT2D eigenvalue weighted by Crippen LogP contribution is -2.52. The molecule has 2 unspecified atom stereocenters. The number of amides is 1. The van der Waals surface area contributed by atoms with Gasteiger partial charge in [-0.05, 0) is 24.1 Å². The van der Waals surface area contributed by atoms with E-state index in [1.165, 1.54) is 0 Å². The molecule has 7 nitrogen and oxygen atoms in total. The van der Waals surface area contributed by atoms with E-state index in [9.17, 15) is 9.59 Å². The molecule has 2 atom stereocenters. The van der Waals surface area contributed by atoms with Crippen molar-refractivity contribution in [3.63, 3.8) is 0 Å². The summed E-state index contributed by atoms with van der Waals surface area (Å²) in [6.45, 7) is 2.02. The molecule has 0 spiro atoms. The quantitative estimate of drug-likeness (QED) is 0.777. The summed E-state index contributed by atoms with van der Waals surface area (Å²) in [5.41, 5.74) is 2.53. The average molecular weight is 399 g/mol. The number of rotatable bonds is 3. The number of Topliss-reactive ketones (excluding diaryl/α,β-unsaturated/α-hetero) is 1. The van der Waals surface area contributed by atoms with Gasteiger partial charge in [-0.2, -0.15) is 0 Å². The van der Waals surface area contributed by atoms with Crippen LogP contribution >= 0.6 is 0 Å². The third-order valence-electron chi connectivity index (χ3n) is 6.01. The van der Waals surface area contributed by atoms with E-state index in [4.69, 9.17) is 4.99 Å². The normalized spacial score (nSPS) is 25.5. The largest absolute Gasteiger partial charge is 0.342 e. The number of hydrogen-bond donors (Lipinski definition) is 2. The molecule has 5 rings (SSSR count). The van der Waals surface area contributed by atoms with Crippen LogP contribution in [0.2, 0.25) is 0 Å². The zero-order valence-corrected chi connectivity index (χ0v) is 16.7.